The molecule has 2 rings (SSSR count). The maximum Gasteiger partial charge on any atom is 0.226 e. The summed E-state index contributed by atoms with van der Waals surface area (Å²) in [5.74, 6) is 0.720. The van der Waals surface area contributed by atoms with Gasteiger partial charge in [0.05, 0.1) is 6.17 Å². The van der Waals surface area contributed by atoms with Gasteiger partial charge in [0.15, 0.2) is 0 Å². The lowest BCUT2D eigenvalue weighted by atomic mass is 9.88. The first-order valence-electron chi connectivity index (χ1n) is 6.86. The highest BCUT2D eigenvalue weighted by molar-refractivity contribution is 5.79. The summed E-state index contributed by atoms with van der Waals surface area (Å²) in [4.78, 5) is 14.5. The first-order chi connectivity index (χ1) is 7.83. The molecule has 0 aromatic carbocycles. The Morgan fingerprint density at radius 2 is 1.94 bits per heavy atom. The van der Waals surface area contributed by atoms with E-state index in [1.54, 1.807) is 0 Å². The fourth-order valence-electron chi connectivity index (χ4n) is 3.05. The highest BCUT2D eigenvalue weighted by atomic mass is 16.2. The molecule has 0 radical (unpaired) electrons. The van der Waals surface area contributed by atoms with Crippen LogP contribution < -0.4 is 5.32 Å². The van der Waals surface area contributed by atoms with Crippen molar-refractivity contribution in [2.24, 2.45) is 5.92 Å². The average molecular weight is 224 g/mol. The molecule has 1 N–H and O–H groups in total. The molecule has 3 nitrogen and oxygen atoms in total. The van der Waals surface area contributed by atoms with Crippen LogP contribution in [0.2, 0.25) is 0 Å². The summed E-state index contributed by atoms with van der Waals surface area (Å²) in [5, 5.41) is 3.43. The highest BCUT2D eigenvalue weighted by Crippen LogP contribution is 2.26. The number of hydrogen-bond acceptors (Lipinski definition) is 2. The summed E-state index contributed by atoms with van der Waals surface area (Å²) >= 11 is 0. The van der Waals surface area contributed by atoms with Crippen LogP contribution in [-0.2, 0) is 4.79 Å². The van der Waals surface area contributed by atoms with E-state index >= 15 is 0 Å². The van der Waals surface area contributed by atoms with Crippen molar-refractivity contribution in [1.82, 2.24) is 10.2 Å². The van der Waals surface area contributed by atoms with Gasteiger partial charge in [0.25, 0.3) is 0 Å². The fourth-order valence-corrected chi connectivity index (χ4v) is 3.05. The molecule has 92 valence electrons. The van der Waals surface area contributed by atoms with Crippen molar-refractivity contribution in [1.29, 1.82) is 0 Å². The number of hydrogen-bond donors (Lipinski definition) is 1. The van der Waals surface area contributed by atoms with Gasteiger partial charge in [0, 0.05) is 12.5 Å². The first-order valence-corrected chi connectivity index (χ1v) is 6.86. The second kappa shape index (κ2) is 5.67. The van der Waals surface area contributed by atoms with Gasteiger partial charge in [-0.15, -0.1) is 0 Å². The van der Waals surface area contributed by atoms with Gasteiger partial charge in [0.1, 0.15) is 0 Å². The summed E-state index contributed by atoms with van der Waals surface area (Å²) in [7, 11) is 0. The fraction of sp³-hybridized carbons (Fsp3) is 0.923. The second-order valence-electron chi connectivity index (χ2n) is 5.07. The van der Waals surface area contributed by atoms with Gasteiger partial charge in [-0.2, -0.15) is 0 Å². The van der Waals surface area contributed by atoms with E-state index in [1.807, 2.05) is 0 Å². The van der Waals surface area contributed by atoms with Crippen LogP contribution in [-0.4, -0.2) is 30.1 Å². The quantitative estimate of drug-likeness (QED) is 0.796. The van der Waals surface area contributed by atoms with Crippen molar-refractivity contribution >= 4 is 5.91 Å². The van der Waals surface area contributed by atoms with Crippen LogP contribution in [0.1, 0.15) is 51.9 Å². The van der Waals surface area contributed by atoms with E-state index in [2.05, 4.69) is 17.1 Å². The zero-order chi connectivity index (χ0) is 11.4. The summed E-state index contributed by atoms with van der Waals surface area (Å²) < 4.78 is 0. The zero-order valence-corrected chi connectivity index (χ0v) is 10.4. The Balaban J connectivity index is 1.93. The third-order valence-electron chi connectivity index (χ3n) is 3.99. The predicted molar refractivity (Wildman–Crippen MR) is 65.0 cm³/mol. The molecule has 1 amide bonds. The molecule has 2 aliphatic rings. The lowest BCUT2D eigenvalue weighted by molar-refractivity contribution is -0.139. The Morgan fingerprint density at radius 3 is 2.50 bits per heavy atom. The minimum atomic E-state index is 0.316. The molecule has 1 saturated heterocycles. The van der Waals surface area contributed by atoms with Crippen LogP contribution in [0.25, 0.3) is 0 Å². The van der Waals surface area contributed by atoms with E-state index in [4.69, 9.17) is 0 Å². The number of rotatable bonds is 3. The molecule has 3 heteroatoms. The lowest BCUT2D eigenvalue weighted by Gasteiger charge is -2.32. The standard InChI is InChI=1S/C13H24N2O/c1-2-15(12-9-6-10-14-12)13(16)11-7-4-3-5-8-11/h11-12,14H,2-10H2,1H3. The molecule has 1 aliphatic carbocycles. The Labute approximate surface area is 98.6 Å². The smallest absolute Gasteiger partial charge is 0.226 e. The molecule has 0 aromatic heterocycles. The summed E-state index contributed by atoms with van der Waals surface area (Å²) in [6.07, 6.45) is 8.69. The monoisotopic (exact) mass is 224 g/mol. The largest absolute Gasteiger partial charge is 0.327 e. The Hall–Kier alpha value is -0.570. The minimum absolute atomic E-state index is 0.316. The van der Waals surface area contributed by atoms with E-state index in [0.717, 1.165) is 32.4 Å². The van der Waals surface area contributed by atoms with Crippen LogP contribution >= 0.6 is 0 Å². The molecule has 1 atom stereocenters. The van der Waals surface area contributed by atoms with Crippen molar-refractivity contribution in [3.8, 4) is 0 Å². The van der Waals surface area contributed by atoms with E-state index < -0.39 is 0 Å². The number of amides is 1. The summed E-state index contributed by atoms with van der Waals surface area (Å²) in [5.41, 5.74) is 0. The van der Waals surface area contributed by atoms with Crippen molar-refractivity contribution in [3.63, 3.8) is 0 Å². The van der Waals surface area contributed by atoms with Crippen LogP contribution in [0.4, 0.5) is 0 Å². The molecule has 1 heterocycles. The van der Waals surface area contributed by atoms with Gasteiger partial charge in [0.2, 0.25) is 5.91 Å². The molecule has 16 heavy (non-hydrogen) atoms. The Morgan fingerprint density at radius 1 is 1.19 bits per heavy atom. The first kappa shape index (κ1) is 11.9. The Kier molecular flexibility index (Phi) is 4.22. The summed E-state index contributed by atoms with van der Waals surface area (Å²) in [6.45, 7) is 4.02. The molecular weight excluding hydrogens is 200 g/mol. The van der Waals surface area contributed by atoms with E-state index in [9.17, 15) is 4.79 Å². The second-order valence-corrected chi connectivity index (χ2v) is 5.07. The number of nitrogens with zero attached hydrogens (tertiary/aromatic N) is 1. The van der Waals surface area contributed by atoms with Gasteiger partial charge >= 0.3 is 0 Å². The number of nitrogens with one attached hydrogen (secondary N) is 1. The number of carbonyl (C=O) groups is 1. The van der Waals surface area contributed by atoms with Crippen molar-refractivity contribution in [2.75, 3.05) is 13.1 Å². The average Bonchev–Trinajstić information content (AvgIpc) is 2.85. The van der Waals surface area contributed by atoms with E-state index in [1.165, 1.54) is 25.7 Å². The van der Waals surface area contributed by atoms with Crippen molar-refractivity contribution in [3.05, 3.63) is 0 Å². The minimum Gasteiger partial charge on any atom is -0.327 e. The zero-order valence-electron chi connectivity index (χ0n) is 10.4. The molecule has 1 aliphatic heterocycles. The molecule has 0 aromatic rings. The van der Waals surface area contributed by atoms with Crippen LogP contribution in [0, 0.1) is 5.92 Å². The van der Waals surface area contributed by atoms with Gasteiger partial charge in [-0.05, 0) is 39.2 Å². The molecule has 0 spiro atoms. The third kappa shape index (κ3) is 2.57. The molecule has 0 bridgehead atoms. The topological polar surface area (TPSA) is 32.3 Å². The van der Waals surface area contributed by atoms with Gasteiger partial charge < -0.3 is 4.90 Å². The Bertz CT molecular complexity index is 230. The highest BCUT2D eigenvalue weighted by Gasteiger charge is 2.30. The molecule has 1 unspecified atom stereocenters. The van der Waals surface area contributed by atoms with Gasteiger partial charge in [-0.3, -0.25) is 10.1 Å². The maximum absolute atomic E-state index is 12.4. The van der Waals surface area contributed by atoms with Gasteiger partial charge in [-0.1, -0.05) is 19.3 Å². The lowest BCUT2D eigenvalue weighted by Crippen LogP contribution is -2.48. The van der Waals surface area contributed by atoms with Crippen molar-refractivity contribution < 1.29 is 4.79 Å². The maximum atomic E-state index is 12.4. The normalized spacial score (nSPS) is 26.9. The number of carbonyl (C=O) groups excluding carboxylic acids is 1. The van der Waals surface area contributed by atoms with Crippen molar-refractivity contribution in [2.45, 2.75) is 58.0 Å². The molecule has 2 fully saturated rings. The van der Waals surface area contributed by atoms with Crippen LogP contribution in [0.5, 0.6) is 0 Å². The SMILES string of the molecule is CCN(C(=O)C1CCCCC1)C1CCCN1. The van der Waals surface area contributed by atoms with Crippen LogP contribution in [0.3, 0.4) is 0 Å². The van der Waals surface area contributed by atoms with Gasteiger partial charge in [-0.25, -0.2) is 0 Å². The molecular formula is C13H24N2O. The van der Waals surface area contributed by atoms with E-state index in [0.29, 0.717) is 18.0 Å². The van der Waals surface area contributed by atoms with E-state index in [-0.39, 0.29) is 0 Å². The predicted octanol–water partition coefficient (Wildman–Crippen LogP) is 2.12. The molecule has 1 saturated carbocycles. The van der Waals surface area contributed by atoms with Crippen LogP contribution in [0.15, 0.2) is 0 Å². The third-order valence-corrected chi connectivity index (χ3v) is 3.99. The summed E-state index contributed by atoms with van der Waals surface area (Å²) in [6, 6.07) is 0.